The van der Waals surface area contributed by atoms with E-state index >= 15 is 0 Å². The number of hydrogen-bond donors (Lipinski definition) is 1. The van der Waals surface area contributed by atoms with E-state index in [1.165, 1.54) is 11.6 Å². The number of nitrogens with one attached hydrogen (secondary N) is 1. The molecule has 1 heterocycles. The average Bonchev–Trinajstić information content (AvgIpc) is 2.63. The topological polar surface area (TPSA) is 18.5 Å². The number of hydrogen-bond acceptors (Lipinski definition) is 2. The summed E-state index contributed by atoms with van der Waals surface area (Å²) >= 11 is 5.60. The molecule has 1 aliphatic rings. The summed E-state index contributed by atoms with van der Waals surface area (Å²) in [6, 6.07) is 15.1. The fourth-order valence-corrected chi connectivity index (χ4v) is 3.44. The van der Waals surface area contributed by atoms with Crippen LogP contribution in [0.15, 0.2) is 48.5 Å². The zero-order chi connectivity index (χ0) is 17.6. The van der Waals surface area contributed by atoms with E-state index in [9.17, 15) is 4.39 Å². The van der Waals surface area contributed by atoms with Gasteiger partial charge in [0.25, 0.3) is 0 Å². The fraction of sp³-hybridized carbons (Fsp3) is 0.350. The number of thiocarbonyl (C=S) groups is 1. The van der Waals surface area contributed by atoms with Crippen molar-refractivity contribution in [3.05, 3.63) is 65.5 Å². The van der Waals surface area contributed by atoms with Crippen molar-refractivity contribution in [2.45, 2.75) is 19.9 Å². The Labute approximate surface area is 154 Å². The highest BCUT2D eigenvalue weighted by Crippen LogP contribution is 2.17. The Morgan fingerprint density at radius 1 is 1.08 bits per heavy atom. The van der Waals surface area contributed by atoms with Crippen molar-refractivity contribution in [2.24, 2.45) is 0 Å². The highest BCUT2D eigenvalue weighted by atomic mass is 32.1. The Kier molecular flexibility index (Phi) is 6.00. The Hall–Kier alpha value is -1.98. The molecule has 2 aromatic rings. The maximum Gasteiger partial charge on any atom is 0.173 e. The quantitative estimate of drug-likeness (QED) is 0.836. The molecule has 5 heteroatoms. The summed E-state index contributed by atoms with van der Waals surface area (Å²) in [4.78, 5) is 4.55. The molecule has 1 saturated heterocycles. The van der Waals surface area contributed by atoms with Crippen molar-refractivity contribution in [2.75, 3.05) is 31.5 Å². The molecule has 1 aliphatic heterocycles. The number of para-hydroxylation sites is 1. The van der Waals surface area contributed by atoms with Gasteiger partial charge >= 0.3 is 0 Å². The molecule has 0 saturated carbocycles. The second-order valence-corrected chi connectivity index (χ2v) is 6.72. The van der Waals surface area contributed by atoms with E-state index in [0.717, 1.165) is 55.5 Å². The number of rotatable bonds is 4. The van der Waals surface area contributed by atoms with Gasteiger partial charge in [-0.1, -0.05) is 37.3 Å². The Bertz CT molecular complexity index is 726. The van der Waals surface area contributed by atoms with E-state index in [2.05, 4.69) is 40.2 Å². The third-order valence-corrected chi connectivity index (χ3v) is 4.95. The molecule has 0 aromatic heterocycles. The van der Waals surface area contributed by atoms with Gasteiger partial charge < -0.3 is 10.2 Å². The maximum atomic E-state index is 13.3. The molecule has 2 aromatic carbocycles. The van der Waals surface area contributed by atoms with Gasteiger partial charge in [-0.2, -0.15) is 0 Å². The minimum Gasteiger partial charge on any atom is -0.346 e. The third-order valence-electron chi connectivity index (χ3n) is 4.59. The second-order valence-electron chi connectivity index (χ2n) is 6.33. The molecular weight excluding hydrogens is 333 g/mol. The van der Waals surface area contributed by atoms with Crippen molar-refractivity contribution in [3.8, 4) is 0 Å². The van der Waals surface area contributed by atoms with Crippen molar-refractivity contribution in [1.29, 1.82) is 0 Å². The van der Waals surface area contributed by atoms with E-state index in [0.29, 0.717) is 0 Å². The van der Waals surface area contributed by atoms with Gasteiger partial charge in [-0.05, 0) is 48.0 Å². The van der Waals surface area contributed by atoms with Gasteiger partial charge in [0.15, 0.2) is 5.11 Å². The molecule has 1 N–H and O–H groups in total. The van der Waals surface area contributed by atoms with Gasteiger partial charge in [-0.25, -0.2) is 4.39 Å². The van der Waals surface area contributed by atoms with E-state index < -0.39 is 0 Å². The third kappa shape index (κ3) is 4.77. The van der Waals surface area contributed by atoms with E-state index in [1.54, 1.807) is 12.1 Å². The maximum absolute atomic E-state index is 13.3. The molecule has 0 atom stereocenters. The van der Waals surface area contributed by atoms with Crippen LogP contribution >= 0.6 is 12.2 Å². The van der Waals surface area contributed by atoms with Crippen LogP contribution in [0.25, 0.3) is 0 Å². The van der Waals surface area contributed by atoms with E-state index in [-0.39, 0.29) is 5.82 Å². The van der Waals surface area contributed by atoms with Crippen LogP contribution in [0.5, 0.6) is 0 Å². The first-order valence-electron chi connectivity index (χ1n) is 8.76. The van der Waals surface area contributed by atoms with Gasteiger partial charge in [0.1, 0.15) is 5.82 Å². The molecule has 0 spiro atoms. The minimum absolute atomic E-state index is 0.170. The molecule has 132 valence electrons. The molecule has 1 fully saturated rings. The van der Waals surface area contributed by atoms with Crippen molar-refractivity contribution < 1.29 is 4.39 Å². The summed E-state index contributed by atoms with van der Waals surface area (Å²) in [5.41, 5.74) is 3.39. The molecule has 0 bridgehead atoms. The lowest BCUT2D eigenvalue weighted by molar-refractivity contribution is 0.177. The highest BCUT2D eigenvalue weighted by molar-refractivity contribution is 7.80. The predicted molar refractivity (Wildman–Crippen MR) is 105 cm³/mol. The van der Waals surface area contributed by atoms with Crippen LogP contribution in [0, 0.1) is 5.82 Å². The lowest BCUT2D eigenvalue weighted by atomic mass is 10.1. The number of halogens is 1. The molecule has 3 rings (SSSR count). The summed E-state index contributed by atoms with van der Waals surface area (Å²) in [5.74, 6) is -0.170. The normalized spacial score (nSPS) is 15.2. The number of benzene rings is 2. The predicted octanol–water partition coefficient (Wildman–Crippen LogP) is 3.90. The number of nitrogens with zero attached hydrogens (tertiary/aromatic N) is 2. The summed E-state index contributed by atoms with van der Waals surface area (Å²) in [6.07, 6.45) is 0.979. The van der Waals surface area contributed by atoms with Crippen LogP contribution in [-0.2, 0) is 13.0 Å². The van der Waals surface area contributed by atoms with Gasteiger partial charge in [0.2, 0.25) is 0 Å². The van der Waals surface area contributed by atoms with E-state index in [1.807, 2.05) is 12.1 Å². The molecule has 25 heavy (non-hydrogen) atoms. The Morgan fingerprint density at radius 2 is 1.84 bits per heavy atom. The smallest absolute Gasteiger partial charge is 0.173 e. The first-order valence-corrected chi connectivity index (χ1v) is 9.17. The van der Waals surface area contributed by atoms with Crippen LogP contribution in [0.2, 0.25) is 0 Å². The van der Waals surface area contributed by atoms with Crippen LogP contribution in [-0.4, -0.2) is 41.1 Å². The van der Waals surface area contributed by atoms with Crippen LogP contribution in [0.4, 0.5) is 10.1 Å². The molecule has 0 aliphatic carbocycles. The van der Waals surface area contributed by atoms with Gasteiger partial charge in [0, 0.05) is 38.4 Å². The standard InChI is InChI=1S/C20H24FN3S/c1-2-17-7-3-4-9-19(17)22-20(25)24-12-10-23(11-13-24)15-16-6-5-8-18(21)14-16/h3-9,14H,2,10-13,15H2,1H3,(H,22,25). The molecule has 3 nitrogen and oxygen atoms in total. The van der Waals surface area contributed by atoms with E-state index in [4.69, 9.17) is 12.2 Å². The van der Waals surface area contributed by atoms with Crippen LogP contribution in [0.1, 0.15) is 18.1 Å². The summed E-state index contributed by atoms with van der Waals surface area (Å²) < 4.78 is 13.3. The van der Waals surface area contributed by atoms with Crippen molar-refractivity contribution in [1.82, 2.24) is 9.80 Å². The zero-order valence-electron chi connectivity index (χ0n) is 14.5. The monoisotopic (exact) mass is 357 g/mol. The summed E-state index contributed by atoms with van der Waals surface area (Å²) in [6.45, 7) is 6.55. The van der Waals surface area contributed by atoms with Gasteiger partial charge in [0.05, 0.1) is 0 Å². The zero-order valence-corrected chi connectivity index (χ0v) is 15.4. The number of anilines is 1. The average molecular weight is 357 g/mol. The lowest BCUT2D eigenvalue weighted by Gasteiger charge is -2.36. The van der Waals surface area contributed by atoms with Gasteiger partial charge in [-0.3, -0.25) is 4.90 Å². The minimum atomic E-state index is -0.170. The SMILES string of the molecule is CCc1ccccc1NC(=S)N1CCN(Cc2cccc(F)c2)CC1. The lowest BCUT2D eigenvalue weighted by Crippen LogP contribution is -2.49. The first kappa shape index (κ1) is 17.8. The van der Waals surface area contributed by atoms with Gasteiger partial charge in [-0.15, -0.1) is 0 Å². The van der Waals surface area contributed by atoms with Crippen molar-refractivity contribution in [3.63, 3.8) is 0 Å². The fourth-order valence-electron chi connectivity index (χ4n) is 3.15. The molecule has 0 unspecified atom stereocenters. The molecule has 0 amide bonds. The highest BCUT2D eigenvalue weighted by Gasteiger charge is 2.19. The largest absolute Gasteiger partial charge is 0.346 e. The van der Waals surface area contributed by atoms with Crippen LogP contribution < -0.4 is 5.32 Å². The summed E-state index contributed by atoms with van der Waals surface area (Å²) in [5, 5.41) is 4.18. The molecule has 0 radical (unpaired) electrons. The van der Waals surface area contributed by atoms with Crippen molar-refractivity contribution >= 4 is 23.0 Å². The Balaban J connectivity index is 1.52. The Morgan fingerprint density at radius 3 is 2.56 bits per heavy atom. The second kappa shape index (κ2) is 8.41. The van der Waals surface area contributed by atoms with Crippen LogP contribution in [0.3, 0.4) is 0 Å². The summed E-state index contributed by atoms with van der Waals surface area (Å²) in [7, 11) is 0. The number of aryl methyl sites for hydroxylation is 1. The first-order chi connectivity index (χ1) is 12.2. The molecular formula is C20H24FN3S. The number of piperazine rings is 1.